The molecule has 2 heteroatoms. The highest BCUT2D eigenvalue weighted by atomic mass is 15.2. The second-order valence-electron chi connectivity index (χ2n) is 6.10. The van der Waals surface area contributed by atoms with E-state index in [9.17, 15) is 0 Å². The molecule has 1 unspecified atom stereocenters. The minimum absolute atomic E-state index is 0.899. The highest BCUT2D eigenvalue weighted by Crippen LogP contribution is 2.28. The predicted molar refractivity (Wildman–Crippen MR) is 67.6 cm³/mol. The van der Waals surface area contributed by atoms with E-state index in [1.165, 1.54) is 77.7 Å². The zero-order chi connectivity index (χ0) is 10.8. The second-order valence-corrected chi connectivity index (χ2v) is 6.10. The van der Waals surface area contributed by atoms with Gasteiger partial charge in [0.25, 0.3) is 0 Å². The summed E-state index contributed by atoms with van der Waals surface area (Å²) in [6.07, 6.45) is 10.3. The fraction of sp³-hybridized carbons (Fsp3) is 1.00. The molecule has 92 valence electrons. The van der Waals surface area contributed by atoms with Crippen LogP contribution in [-0.4, -0.2) is 48.6 Å². The highest BCUT2D eigenvalue weighted by molar-refractivity contribution is 4.84. The predicted octanol–water partition coefficient (Wildman–Crippen LogP) is 2.35. The van der Waals surface area contributed by atoms with Gasteiger partial charge in [-0.1, -0.05) is 12.8 Å². The number of piperidine rings is 1. The molecule has 2 saturated heterocycles. The number of fused-ring (bicyclic) bond motifs is 1. The minimum Gasteiger partial charge on any atom is -0.301 e. The van der Waals surface area contributed by atoms with E-state index >= 15 is 0 Å². The van der Waals surface area contributed by atoms with Crippen molar-refractivity contribution in [3.8, 4) is 0 Å². The van der Waals surface area contributed by atoms with Gasteiger partial charge in [-0.2, -0.15) is 0 Å². The molecule has 3 fully saturated rings. The van der Waals surface area contributed by atoms with E-state index in [4.69, 9.17) is 0 Å². The molecule has 1 saturated carbocycles. The molecule has 0 radical (unpaired) electrons. The van der Waals surface area contributed by atoms with Crippen LogP contribution in [-0.2, 0) is 0 Å². The monoisotopic (exact) mass is 222 g/mol. The lowest BCUT2D eigenvalue weighted by Crippen LogP contribution is -2.45. The third-order valence-corrected chi connectivity index (χ3v) is 4.88. The van der Waals surface area contributed by atoms with Gasteiger partial charge >= 0.3 is 0 Å². The normalized spacial score (nSPS) is 34.1. The average Bonchev–Trinajstić information content (AvgIpc) is 2.45. The molecule has 3 rings (SSSR count). The Labute approximate surface area is 100.0 Å². The van der Waals surface area contributed by atoms with Crippen molar-refractivity contribution in [2.45, 2.75) is 51.0 Å². The summed E-state index contributed by atoms with van der Waals surface area (Å²) >= 11 is 0. The minimum atomic E-state index is 0.899. The maximum atomic E-state index is 2.78. The van der Waals surface area contributed by atoms with E-state index in [-0.39, 0.29) is 0 Å². The average molecular weight is 222 g/mol. The van der Waals surface area contributed by atoms with Crippen LogP contribution in [0.15, 0.2) is 0 Å². The summed E-state index contributed by atoms with van der Waals surface area (Å²) in [6.45, 7) is 6.89. The molecule has 0 N–H and O–H groups in total. The molecular weight excluding hydrogens is 196 g/mol. The second kappa shape index (κ2) is 5.05. The lowest BCUT2D eigenvalue weighted by Gasteiger charge is -2.37. The Morgan fingerprint density at radius 2 is 1.69 bits per heavy atom. The number of hydrogen-bond donors (Lipinski definition) is 0. The molecule has 0 aromatic rings. The van der Waals surface area contributed by atoms with Crippen molar-refractivity contribution in [1.29, 1.82) is 0 Å². The number of rotatable bonds is 2. The molecule has 0 aromatic heterocycles. The first-order chi connectivity index (χ1) is 7.92. The fourth-order valence-electron chi connectivity index (χ4n) is 3.65. The van der Waals surface area contributed by atoms with Gasteiger partial charge in [-0.25, -0.2) is 0 Å². The highest BCUT2D eigenvalue weighted by Gasteiger charge is 2.28. The van der Waals surface area contributed by atoms with Gasteiger partial charge < -0.3 is 4.90 Å². The van der Waals surface area contributed by atoms with Crippen LogP contribution < -0.4 is 0 Å². The van der Waals surface area contributed by atoms with E-state index < -0.39 is 0 Å². The zero-order valence-electron chi connectivity index (χ0n) is 10.5. The molecular formula is C14H26N2. The zero-order valence-corrected chi connectivity index (χ0v) is 10.5. The van der Waals surface area contributed by atoms with Gasteiger partial charge in [0.05, 0.1) is 0 Å². The molecule has 0 aromatic carbocycles. The Hall–Kier alpha value is -0.0800. The molecule has 0 amide bonds. The molecule has 1 atom stereocenters. The van der Waals surface area contributed by atoms with Crippen molar-refractivity contribution < 1.29 is 0 Å². The van der Waals surface area contributed by atoms with Crippen LogP contribution in [0.5, 0.6) is 0 Å². The van der Waals surface area contributed by atoms with E-state index in [1.54, 1.807) is 0 Å². The Morgan fingerprint density at radius 1 is 0.812 bits per heavy atom. The van der Waals surface area contributed by atoms with Crippen LogP contribution in [0.1, 0.15) is 44.9 Å². The summed E-state index contributed by atoms with van der Waals surface area (Å²) in [4.78, 5) is 5.55. The van der Waals surface area contributed by atoms with Gasteiger partial charge in [0, 0.05) is 19.1 Å². The van der Waals surface area contributed by atoms with E-state index in [0.717, 1.165) is 12.0 Å². The van der Waals surface area contributed by atoms with Crippen LogP contribution in [0.3, 0.4) is 0 Å². The summed E-state index contributed by atoms with van der Waals surface area (Å²) in [5.41, 5.74) is 0. The largest absolute Gasteiger partial charge is 0.301 e. The van der Waals surface area contributed by atoms with Gasteiger partial charge in [0.1, 0.15) is 0 Å². The van der Waals surface area contributed by atoms with Crippen LogP contribution in [0.2, 0.25) is 0 Å². The van der Waals surface area contributed by atoms with Gasteiger partial charge in [0.2, 0.25) is 0 Å². The number of hydrogen-bond acceptors (Lipinski definition) is 2. The fourth-order valence-corrected chi connectivity index (χ4v) is 3.65. The summed E-state index contributed by atoms with van der Waals surface area (Å²) in [5.74, 6) is 1.05. The summed E-state index contributed by atoms with van der Waals surface area (Å²) < 4.78 is 0. The van der Waals surface area contributed by atoms with E-state index in [0.29, 0.717) is 0 Å². The molecule has 1 aliphatic carbocycles. The van der Waals surface area contributed by atoms with Crippen LogP contribution in [0.25, 0.3) is 0 Å². The smallest absolute Gasteiger partial charge is 0.0223 e. The van der Waals surface area contributed by atoms with Crippen molar-refractivity contribution in [3.05, 3.63) is 0 Å². The first-order valence-electron chi connectivity index (χ1n) is 7.38. The van der Waals surface area contributed by atoms with Gasteiger partial charge in [0.15, 0.2) is 0 Å². The van der Waals surface area contributed by atoms with Gasteiger partial charge in [-0.3, -0.25) is 4.90 Å². The van der Waals surface area contributed by atoms with Gasteiger partial charge in [-0.05, 0) is 57.7 Å². The molecule has 0 spiro atoms. The van der Waals surface area contributed by atoms with Gasteiger partial charge in [-0.15, -0.1) is 0 Å². The Balaban J connectivity index is 1.54. The lowest BCUT2D eigenvalue weighted by atomic mass is 9.85. The first kappa shape index (κ1) is 11.0. The number of nitrogens with zero attached hydrogens (tertiary/aromatic N) is 2. The molecule has 16 heavy (non-hydrogen) atoms. The quantitative estimate of drug-likeness (QED) is 0.707. The van der Waals surface area contributed by atoms with Crippen molar-refractivity contribution in [1.82, 2.24) is 9.80 Å². The third kappa shape index (κ3) is 2.43. The summed E-state index contributed by atoms with van der Waals surface area (Å²) in [7, 11) is 0. The maximum absolute atomic E-state index is 2.78. The SMILES string of the molecule is C1CC(CN2CCCN3CCCCC3C2)C1. The van der Waals surface area contributed by atoms with E-state index in [2.05, 4.69) is 9.80 Å². The standard InChI is InChI=1S/C14H26N2/c1-2-9-16-10-4-8-15(12-14(16)7-1)11-13-5-3-6-13/h13-14H,1-12H2. The Kier molecular flexibility index (Phi) is 3.49. The molecule has 2 heterocycles. The first-order valence-corrected chi connectivity index (χ1v) is 7.38. The van der Waals surface area contributed by atoms with Crippen LogP contribution in [0, 0.1) is 5.92 Å². The van der Waals surface area contributed by atoms with Crippen molar-refractivity contribution in [3.63, 3.8) is 0 Å². The Morgan fingerprint density at radius 3 is 2.50 bits per heavy atom. The van der Waals surface area contributed by atoms with Crippen LogP contribution in [0.4, 0.5) is 0 Å². The summed E-state index contributed by atoms with van der Waals surface area (Å²) in [5, 5.41) is 0. The van der Waals surface area contributed by atoms with Crippen LogP contribution >= 0.6 is 0 Å². The third-order valence-electron chi connectivity index (χ3n) is 4.88. The van der Waals surface area contributed by atoms with Crippen molar-refractivity contribution in [2.24, 2.45) is 5.92 Å². The molecule has 2 nitrogen and oxygen atoms in total. The van der Waals surface area contributed by atoms with Crippen molar-refractivity contribution >= 4 is 0 Å². The molecule has 0 bridgehead atoms. The summed E-state index contributed by atoms with van der Waals surface area (Å²) in [6, 6.07) is 0.899. The molecule has 3 aliphatic rings. The maximum Gasteiger partial charge on any atom is 0.0223 e. The lowest BCUT2D eigenvalue weighted by molar-refractivity contribution is 0.120. The molecule has 2 aliphatic heterocycles. The topological polar surface area (TPSA) is 6.48 Å². The Bertz CT molecular complexity index is 225. The van der Waals surface area contributed by atoms with Crippen molar-refractivity contribution in [2.75, 3.05) is 32.7 Å². The van der Waals surface area contributed by atoms with E-state index in [1.807, 2.05) is 0 Å².